The summed E-state index contributed by atoms with van der Waals surface area (Å²) in [5.74, 6) is -3.06. The molecule has 2 heterocycles. The first-order chi connectivity index (χ1) is 23.4. The summed E-state index contributed by atoms with van der Waals surface area (Å²) in [5.41, 5.74) is 8.60. The molecule has 1 amide bonds. The minimum absolute atomic E-state index is 0.0139. The fourth-order valence-electron chi connectivity index (χ4n) is 6.24. The van der Waals surface area contributed by atoms with Gasteiger partial charge in [-0.2, -0.15) is 0 Å². The van der Waals surface area contributed by atoms with Crippen LogP contribution in [0.25, 0.3) is 0 Å². The Morgan fingerprint density at radius 2 is 1.50 bits per heavy atom. The van der Waals surface area contributed by atoms with E-state index in [2.05, 4.69) is 16.0 Å². The lowest BCUT2D eigenvalue weighted by molar-refractivity contribution is -0.327. The van der Waals surface area contributed by atoms with E-state index in [0.29, 0.717) is 0 Å². The largest absolute Gasteiger partial charge is 0.481 e. The first kappa shape index (κ1) is 41.4. The Bertz CT molecular complexity index is 1190. The lowest BCUT2D eigenvalue weighted by Crippen LogP contribution is -2.73. The highest BCUT2D eigenvalue weighted by molar-refractivity contribution is 5.80. The van der Waals surface area contributed by atoms with Crippen molar-refractivity contribution in [1.29, 1.82) is 10.8 Å². The normalized spacial score (nSPS) is 40.3. The number of carboxylic acid groups (broad SMARTS) is 1. The quantitative estimate of drug-likeness (QED) is 0.0550. The number of ether oxygens (including phenoxy) is 4. The molecule has 1 saturated carbocycles. The van der Waals surface area contributed by atoms with Crippen LogP contribution in [0.2, 0.25) is 0 Å². The van der Waals surface area contributed by atoms with Gasteiger partial charge in [-0.15, -0.1) is 0 Å². The van der Waals surface area contributed by atoms with Crippen molar-refractivity contribution in [3.8, 4) is 0 Å². The van der Waals surface area contributed by atoms with Crippen molar-refractivity contribution in [3.63, 3.8) is 0 Å². The Morgan fingerprint density at radius 3 is 2.06 bits per heavy atom. The highest BCUT2D eigenvalue weighted by atomic mass is 16.8. The van der Waals surface area contributed by atoms with Gasteiger partial charge in [0.2, 0.25) is 5.91 Å². The number of nitrogens with two attached hydrogens (primary N) is 2. The second kappa shape index (κ2) is 17.5. The number of aliphatic hydroxyl groups excluding tert-OH is 7. The van der Waals surface area contributed by atoms with Gasteiger partial charge in [-0.3, -0.25) is 25.3 Å². The van der Waals surface area contributed by atoms with Crippen LogP contribution in [-0.2, 0) is 28.5 Å². The van der Waals surface area contributed by atoms with E-state index in [1.165, 1.54) is 18.9 Å². The maximum Gasteiger partial charge on any atom is 0.303 e. The van der Waals surface area contributed by atoms with E-state index in [1.54, 1.807) is 0 Å². The maximum atomic E-state index is 12.0. The zero-order chi connectivity index (χ0) is 37.7. The number of carbonyl (C=O) groups is 2. The molecule has 0 aromatic carbocycles. The van der Waals surface area contributed by atoms with Gasteiger partial charge in [0.25, 0.3) is 0 Å². The van der Waals surface area contributed by atoms with Gasteiger partial charge in [-0.05, 0) is 14.0 Å². The highest BCUT2D eigenvalue weighted by Gasteiger charge is 2.60. The first-order valence-corrected chi connectivity index (χ1v) is 15.7. The summed E-state index contributed by atoms with van der Waals surface area (Å²) in [5, 5.41) is 118. The van der Waals surface area contributed by atoms with Crippen LogP contribution in [0.1, 0.15) is 19.8 Å². The van der Waals surface area contributed by atoms with Gasteiger partial charge in [0.15, 0.2) is 24.5 Å². The van der Waals surface area contributed by atoms with Gasteiger partial charge in [-0.25, -0.2) is 0 Å². The van der Waals surface area contributed by atoms with Gasteiger partial charge < -0.3 is 92.3 Å². The van der Waals surface area contributed by atoms with Crippen LogP contribution in [0, 0.1) is 10.8 Å². The van der Waals surface area contributed by atoms with Crippen molar-refractivity contribution in [3.05, 3.63) is 0 Å². The third-order valence-electron chi connectivity index (χ3n) is 9.11. The average Bonchev–Trinajstić information content (AvgIpc) is 3.28. The molecule has 2 aliphatic heterocycles. The summed E-state index contributed by atoms with van der Waals surface area (Å²) >= 11 is 0. The Kier molecular flexibility index (Phi) is 14.4. The SMILES string of the molecule is C[C@@H]1O[C@@H](O[C@@H]2C(O)[C@@H](O)C(NC(=N)N)C(O)[C@@H]2NC(=N)N)C(O[C@@H]2OC(CO)[C@H](O)[C@H](O)C2N(C)CCNC(=O)CCC(=O)O)[C@]1(O)CO. The average molecular weight is 727 g/mol. The smallest absolute Gasteiger partial charge is 0.303 e. The van der Waals surface area contributed by atoms with E-state index in [-0.39, 0.29) is 19.5 Å². The lowest BCUT2D eigenvalue weighted by Gasteiger charge is -2.48. The van der Waals surface area contributed by atoms with Crippen molar-refractivity contribution < 1.29 is 74.5 Å². The van der Waals surface area contributed by atoms with Crippen molar-refractivity contribution >= 4 is 23.8 Å². The molecule has 23 heteroatoms. The minimum atomic E-state index is -2.27. The van der Waals surface area contributed by atoms with Gasteiger partial charge in [0, 0.05) is 19.5 Å². The number of aliphatic hydroxyl groups is 8. The van der Waals surface area contributed by atoms with E-state index in [4.69, 9.17) is 46.3 Å². The summed E-state index contributed by atoms with van der Waals surface area (Å²) in [7, 11) is 1.47. The number of hydrogen-bond donors (Lipinski definition) is 16. The molecule has 50 heavy (non-hydrogen) atoms. The molecule has 0 aromatic heterocycles. The molecule has 23 nitrogen and oxygen atoms in total. The lowest BCUT2D eigenvalue weighted by atomic mass is 9.81. The predicted molar refractivity (Wildman–Crippen MR) is 166 cm³/mol. The molecule has 3 aliphatic rings. The number of likely N-dealkylation sites (N-methyl/N-ethyl adjacent to an activating group) is 1. The molecule has 0 spiro atoms. The van der Waals surface area contributed by atoms with Crippen LogP contribution in [0.5, 0.6) is 0 Å². The standard InChI is InChI=1S/C27H50N8O15/c1-9-27(46,8-37)22(24(47-9)49-21-14(34-26(30)31)17(42)13(33-25(28)29)18(43)20(21)45)50-23-15(19(44)16(41)10(7-36)48-23)35(2)6-5-32-11(38)3-4-12(39)40/h9-10,13-24,36-37,41-46H,3-8H2,1-2H3,(H,32,38)(H,39,40)(H4,28,29,33)(H4,30,31,34)/t9-,10?,13?,14-,15?,16-,17?,18-,19+,20?,21-,22?,23-,24-,27-/m0/s1. The number of amides is 1. The van der Waals surface area contributed by atoms with Gasteiger partial charge >= 0.3 is 5.97 Å². The number of carbonyl (C=O) groups excluding carboxylic acids is 1. The second-order valence-electron chi connectivity index (χ2n) is 12.5. The number of nitrogens with zero attached hydrogens (tertiary/aromatic N) is 1. The second-order valence-corrected chi connectivity index (χ2v) is 12.5. The fraction of sp³-hybridized carbons (Fsp3) is 0.852. The number of aliphatic carboxylic acids is 1. The molecule has 0 aromatic rings. The molecule has 288 valence electrons. The number of hydrogen-bond acceptors (Lipinski definition) is 17. The zero-order valence-corrected chi connectivity index (χ0v) is 27.4. The Morgan fingerprint density at radius 1 is 0.880 bits per heavy atom. The summed E-state index contributed by atoms with van der Waals surface area (Å²) in [6.07, 6.45) is -18.9. The van der Waals surface area contributed by atoms with E-state index >= 15 is 0 Å². The van der Waals surface area contributed by atoms with Gasteiger partial charge in [0.05, 0.1) is 50.0 Å². The highest BCUT2D eigenvalue weighted by Crippen LogP contribution is 2.39. The first-order valence-electron chi connectivity index (χ1n) is 15.7. The van der Waals surface area contributed by atoms with E-state index in [1.807, 2.05) is 0 Å². The number of carboxylic acids is 1. The van der Waals surface area contributed by atoms with Gasteiger partial charge in [0.1, 0.15) is 48.3 Å². The summed E-state index contributed by atoms with van der Waals surface area (Å²) < 4.78 is 23.7. The van der Waals surface area contributed by atoms with Crippen molar-refractivity contribution in [2.75, 3.05) is 33.4 Å². The number of nitrogens with one attached hydrogen (secondary N) is 5. The van der Waals surface area contributed by atoms with Crippen molar-refractivity contribution in [2.45, 2.75) is 111 Å². The van der Waals surface area contributed by atoms with Gasteiger partial charge in [-0.1, -0.05) is 0 Å². The molecule has 0 radical (unpaired) electrons. The molecule has 3 rings (SSSR count). The molecule has 3 fully saturated rings. The molecular weight excluding hydrogens is 676 g/mol. The zero-order valence-electron chi connectivity index (χ0n) is 27.4. The summed E-state index contributed by atoms with van der Waals surface area (Å²) in [6, 6.07) is -4.20. The monoisotopic (exact) mass is 726 g/mol. The molecule has 0 bridgehead atoms. The van der Waals surface area contributed by atoms with Crippen LogP contribution in [0.4, 0.5) is 0 Å². The van der Waals surface area contributed by atoms with E-state index in [0.717, 1.165) is 0 Å². The molecule has 1 aliphatic carbocycles. The molecule has 18 N–H and O–H groups in total. The summed E-state index contributed by atoms with van der Waals surface area (Å²) in [4.78, 5) is 24.2. The molecule has 15 atom stereocenters. The molecular formula is C27H50N8O15. The predicted octanol–water partition coefficient (Wildman–Crippen LogP) is -8.25. The van der Waals surface area contributed by atoms with Crippen molar-refractivity contribution in [1.82, 2.24) is 20.9 Å². The third-order valence-corrected chi connectivity index (χ3v) is 9.11. The van der Waals surface area contributed by atoms with Crippen LogP contribution in [-0.4, -0.2) is 199 Å². The van der Waals surface area contributed by atoms with Crippen LogP contribution in [0.15, 0.2) is 0 Å². The van der Waals surface area contributed by atoms with E-state index in [9.17, 15) is 50.4 Å². The Hall–Kier alpha value is -3.04. The van der Waals surface area contributed by atoms with Crippen LogP contribution >= 0.6 is 0 Å². The maximum absolute atomic E-state index is 12.0. The fourth-order valence-corrected chi connectivity index (χ4v) is 6.24. The molecule has 2 saturated heterocycles. The summed E-state index contributed by atoms with van der Waals surface area (Å²) in [6.45, 7) is -0.494. The molecule has 6 unspecified atom stereocenters. The number of guanidine groups is 2. The Labute approximate surface area is 286 Å². The topological polar surface area (TPSA) is 392 Å². The van der Waals surface area contributed by atoms with Crippen LogP contribution < -0.4 is 27.4 Å². The van der Waals surface area contributed by atoms with E-state index < -0.39 is 135 Å². The minimum Gasteiger partial charge on any atom is -0.481 e. The van der Waals surface area contributed by atoms with Crippen molar-refractivity contribution in [2.24, 2.45) is 11.5 Å². The Balaban J connectivity index is 1.91. The third kappa shape index (κ3) is 9.24. The number of rotatable bonds is 15. The van der Waals surface area contributed by atoms with Crippen LogP contribution in [0.3, 0.4) is 0 Å².